The first-order valence-corrected chi connectivity index (χ1v) is 15.8. The van der Waals surface area contributed by atoms with Crippen molar-refractivity contribution in [1.82, 2.24) is 15.0 Å². The van der Waals surface area contributed by atoms with Crippen molar-refractivity contribution >= 4 is 21.6 Å². The molecule has 0 aliphatic carbocycles. The molecule has 8 rings (SSSR count). The Morgan fingerprint density at radius 1 is 0.356 bits per heavy atom. The van der Waals surface area contributed by atoms with E-state index in [-0.39, 0.29) is 0 Å². The van der Waals surface area contributed by atoms with Gasteiger partial charge in [-0.2, -0.15) is 0 Å². The minimum atomic E-state index is 0.706. The highest BCUT2D eigenvalue weighted by atomic mass is 32.1. The molecule has 212 valence electrons. The molecule has 0 N–H and O–H groups in total. The van der Waals surface area contributed by atoms with Crippen molar-refractivity contribution in [1.29, 1.82) is 0 Å². The number of thiazole rings is 1. The fraction of sp³-hybridized carbons (Fsp3) is 0. The largest absolute Gasteiger partial charge is 0.236 e. The van der Waals surface area contributed by atoms with Crippen molar-refractivity contribution < 1.29 is 0 Å². The minimum absolute atomic E-state index is 0.706. The van der Waals surface area contributed by atoms with Crippen molar-refractivity contribution in [3.05, 3.63) is 164 Å². The summed E-state index contributed by atoms with van der Waals surface area (Å²) in [6.45, 7) is 0. The van der Waals surface area contributed by atoms with Crippen LogP contribution in [0.5, 0.6) is 0 Å². The smallest absolute Gasteiger partial charge is 0.160 e. The Bertz CT molecular complexity index is 2240. The van der Waals surface area contributed by atoms with E-state index in [1.165, 1.54) is 21.4 Å². The van der Waals surface area contributed by atoms with E-state index in [1.54, 1.807) is 11.3 Å². The molecular formula is C41H27N3S. The number of benzene rings is 6. The molecule has 6 aromatic carbocycles. The monoisotopic (exact) mass is 593 g/mol. The summed E-state index contributed by atoms with van der Waals surface area (Å²) in [5, 5.41) is 1.03. The van der Waals surface area contributed by atoms with E-state index in [2.05, 4.69) is 133 Å². The van der Waals surface area contributed by atoms with Gasteiger partial charge in [-0.3, -0.25) is 0 Å². The van der Waals surface area contributed by atoms with Crippen molar-refractivity contribution in [2.24, 2.45) is 0 Å². The summed E-state index contributed by atoms with van der Waals surface area (Å²) in [6, 6.07) is 56.8. The highest BCUT2D eigenvalue weighted by Crippen LogP contribution is 2.38. The Balaban J connectivity index is 1.22. The molecule has 0 aliphatic heterocycles. The fourth-order valence-corrected chi connectivity index (χ4v) is 6.76. The van der Waals surface area contributed by atoms with Crippen LogP contribution in [0.1, 0.15) is 0 Å². The molecule has 4 heteroatoms. The summed E-state index contributed by atoms with van der Waals surface area (Å²) < 4.78 is 1.18. The number of nitrogens with zero attached hydrogens (tertiary/aromatic N) is 3. The topological polar surface area (TPSA) is 38.7 Å². The molecule has 0 amide bonds. The molecule has 0 spiro atoms. The van der Waals surface area contributed by atoms with Gasteiger partial charge in [0.15, 0.2) is 5.82 Å². The van der Waals surface area contributed by atoms with Gasteiger partial charge in [0.25, 0.3) is 0 Å². The summed E-state index contributed by atoms with van der Waals surface area (Å²) in [4.78, 5) is 15.1. The maximum absolute atomic E-state index is 5.08. The first-order chi connectivity index (χ1) is 22.3. The number of aromatic nitrogens is 3. The molecule has 2 heterocycles. The van der Waals surface area contributed by atoms with Crippen LogP contribution < -0.4 is 0 Å². The molecule has 0 fully saturated rings. The maximum Gasteiger partial charge on any atom is 0.160 e. The predicted octanol–water partition coefficient (Wildman–Crippen LogP) is 11.1. The molecule has 0 saturated heterocycles. The van der Waals surface area contributed by atoms with Crippen LogP contribution in [-0.2, 0) is 0 Å². The van der Waals surface area contributed by atoms with Crippen LogP contribution in [0.3, 0.4) is 0 Å². The first kappa shape index (κ1) is 26.9. The lowest BCUT2D eigenvalue weighted by molar-refractivity contribution is 1.18. The molecule has 45 heavy (non-hydrogen) atoms. The van der Waals surface area contributed by atoms with Crippen LogP contribution in [0.15, 0.2) is 164 Å². The van der Waals surface area contributed by atoms with Crippen LogP contribution >= 0.6 is 11.3 Å². The standard InChI is InChI=1S/C41H27N3S/c1-4-12-28(13-5-1)29-22-24-30(25-23-29)37-27-38(43-40(42-37)31-14-6-2-7-15-31)34-19-10-18-33(26-34)35-20-11-21-36-39(35)45-41(44-36)32-16-8-3-9-17-32/h1-27H. The molecule has 0 unspecified atom stereocenters. The van der Waals surface area contributed by atoms with Crippen molar-refractivity contribution in [3.8, 4) is 66.7 Å². The Labute approximate surface area is 266 Å². The second kappa shape index (κ2) is 11.8. The van der Waals surface area contributed by atoms with Crippen molar-refractivity contribution in [2.45, 2.75) is 0 Å². The molecule has 3 nitrogen and oxygen atoms in total. The second-order valence-electron chi connectivity index (χ2n) is 10.9. The Hall–Kier alpha value is -5.71. The van der Waals surface area contributed by atoms with Crippen LogP contribution in [0.4, 0.5) is 0 Å². The average Bonchev–Trinajstić information content (AvgIpc) is 3.58. The van der Waals surface area contributed by atoms with Crippen molar-refractivity contribution in [3.63, 3.8) is 0 Å². The summed E-state index contributed by atoms with van der Waals surface area (Å²) >= 11 is 1.74. The van der Waals surface area contributed by atoms with Gasteiger partial charge in [0, 0.05) is 27.8 Å². The van der Waals surface area contributed by atoms with Crippen LogP contribution in [0, 0.1) is 0 Å². The Morgan fingerprint density at radius 2 is 0.889 bits per heavy atom. The third kappa shape index (κ3) is 5.44. The molecule has 8 aromatic rings. The van der Waals surface area contributed by atoms with Gasteiger partial charge in [0.2, 0.25) is 0 Å². The Kier molecular flexibility index (Phi) is 7.02. The quantitative estimate of drug-likeness (QED) is 0.192. The van der Waals surface area contributed by atoms with Crippen LogP contribution in [-0.4, -0.2) is 15.0 Å². The average molecular weight is 594 g/mol. The van der Waals surface area contributed by atoms with Gasteiger partial charge in [0.1, 0.15) is 5.01 Å². The van der Waals surface area contributed by atoms with Gasteiger partial charge in [-0.15, -0.1) is 11.3 Å². The van der Waals surface area contributed by atoms with Crippen LogP contribution in [0.2, 0.25) is 0 Å². The van der Waals surface area contributed by atoms with E-state index >= 15 is 0 Å². The minimum Gasteiger partial charge on any atom is -0.236 e. The lowest BCUT2D eigenvalue weighted by Crippen LogP contribution is -1.96. The normalized spacial score (nSPS) is 11.1. The summed E-state index contributed by atoms with van der Waals surface area (Å²) in [5.74, 6) is 0.706. The highest BCUT2D eigenvalue weighted by Gasteiger charge is 2.14. The molecule has 0 saturated carbocycles. The van der Waals surface area contributed by atoms with Gasteiger partial charge in [-0.05, 0) is 34.9 Å². The van der Waals surface area contributed by atoms with E-state index in [0.717, 1.165) is 49.7 Å². The van der Waals surface area contributed by atoms with E-state index < -0.39 is 0 Å². The van der Waals surface area contributed by atoms with Gasteiger partial charge in [-0.1, -0.05) is 146 Å². The van der Waals surface area contributed by atoms with E-state index in [0.29, 0.717) is 5.82 Å². The molecule has 0 radical (unpaired) electrons. The van der Waals surface area contributed by atoms with Gasteiger partial charge in [-0.25, -0.2) is 15.0 Å². The van der Waals surface area contributed by atoms with Gasteiger partial charge in [0.05, 0.1) is 21.6 Å². The number of hydrogen-bond donors (Lipinski definition) is 0. The summed E-state index contributed by atoms with van der Waals surface area (Å²) in [6.07, 6.45) is 0. The molecule has 0 bridgehead atoms. The van der Waals surface area contributed by atoms with Crippen LogP contribution in [0.25, 0.3) is 76.9 Å². The number of rotatable bonds is 6. The molecule has 0 aliphatic rings. The zero-order valence-corrected chi connectivity index (χ0v) is 25.2. The van der Waals surface area contributed by atoms with Gasteiger partial charge >= 0.3 is 0 Å². The van der Waals surface area contributed by atoms with Crippen molar-refractivity contribution in [2.75, 3.05) is 0 Å². The molecule has 2 aromatic heterocycles. The molecular weight excluding hydrogens is 567 g/mol. The predicted molar refractivity (Wildman–Crippen MR) is 188 cm³/mol. The lowest BCUT2D eigenvalue weighted by Gasteiger charge is -2.11. The zero-order valence-electron chi connectivity index (χ0n) is 24.3. The zero-order chi connectivity index (χ0) is 30.0. The fourth-order valence-electron chi connectivity index (χ4n) is 5.65. The van der Waals surface area contributed by atoms with E-state index in [4.69, 9.17) is 15.0 Å². The summed E-state index contributed by atoms with van der Waals surface area (Å²) in [7, 11) is 0. The van der Waals surface area contributed by atoms with Gasteiger partial charge < -0.3 is 0 Å². The van der Waals surface area contributed by atoms with E-state index in [9.17, 15) is 0 Å². The third-order valence-electron chi connectivity index (χ3n) is 7.95. The SMILES string of the molecule is c1ccc(-c2ccc(-c3cc(-c4cccc(-c5cccc6nc(-c7ccccc7)sc56)c4)nc(-c4ccccc4)n3)cc2)cc1. The molecule has 0 atom stereocenters. The third-order valence-corrected chi connectivity index (χ3v) is 9.10. The lowest BCUT2D eigenvalue weighted by atomic mass is 9.99. The first-order valence-electron chi connectivity index (χ1n) is 14.9. The Morgan fingerprint density at radius 3 is 1.60 bits per heavy atom. The second-order valence-corrected chi connectivity index (χ2v) is 11.9. The maximum atomic E-state index is 5.08. The number of hydrogen-bond acceptors (Lipinski definition) is 4. The highest BCUT2D eigenvalue weighted by molar-refractivity contribution is 7.22. The number of fused-ring (bicyclic) bond motifs is 1. The summed E-state index contributed by atoms with van der Waals surface area (Å²) in [5.41, 5.74) is 11.7. The van der Waals surface area contributed by atoms with E-state index in [1.807, 2.05) is 30.3 Å².